The summed E-state index contributed by atoms with van der Waals surface area (Å²) in [5.74, 6) is 1.21. The smallest absolute Gasteiger partial charge is 0.192 e. The molecule has 1 aromatic carbocycles. The molecule has 0 aliphatic heterocycles. The van der Waals surface area contributed by atoms with Crippen molar-refractivity contribution in [3.8, 4) is 5.75 Å². The van der Waals surface area contributed by atoms with Gasteiger partial charge in [0.15, 0.2) is 5.78 Å². The Morgan fingerprint density at radius 3 is 2.75 bits per heavy atom. The van der Waals surface area contributed by atoms with E-state index in [2.05, 4.69) is 6.92 Å². The SMILES string of the molecule is CCOc1ccccc1C(=O)COC1CCCCC1C. The van der Waals surface area contributed by atoms with Crippen molar-refractivity contribution in [2.75, 3.05) is 13.2 Å². The Morgan fingerprint density at radius 2 is 2.00 bits per heavy atom. The van der Waals surface area contributed by atoms with Gasteiger partial charge in [0, 0.05) is 0 Å². The number of para-hydroxylation sites is 1. The molecule has 1 fully saturated rings. The van der Waals surface area contributed by atoms with Gasteiger partial charge in [0.2, 0.25) is 0 Å². The number of hydrogen-bond acceptors (Lipinski definition) is 3. The fourth-order valence-corrected chi connectivity index (χ4v) is 2.77. The van der Waals surface area contributed by atoms with Crippen molar-refractivity contribution in [1.29, 1.82) is 0 Å². The van der Waals surface area contributed by atoms with Crippen molar-refractivity contribution < 1.29 is 14.3 Å². The third kappa shape index (κ3) is 3.83. The van der Waals surface area contributed by atoms with Gasteiger partial charge in [-0.2, -0.15) is 0 Å². The molecule has 0 bridgehead atoms. The first-order valence-corrected chi connectivity index (χ1v) is 7.59. The van der Waals surface area contributed by atoms with E-state index in [1.54, 1.807) is 6.07 Å². The Kier molecular flexibility index (Phi) is 5.60. The molecule has 1 aliphatic rings. The summed E-state index contributed by atoms with van der Waals surface area (Å²) in [6.45, 7) is 4.84. The second kappa shape index (κ2) is 7.44. The monoisotopic (exact) mass is 276 g/mol. The summed E-state index contributed by atoms with van der Waals surface area (Å²) < 4.78 is 11.3. The standard InChI is InChI=1S/C17H24O3/c1-3-19-17-11-7-5-9-14(17)15(18)12-20-16-10-6-4-8-13(16)2/h5,7,9,11,13,16H,3-4,6,8,10,12H2,1-2H3. The number of ketones is 1. The minimum absolute atomic E-state index is 0.00632. The summed E-state index contributed by atoms with van der Waals surface area (Å²) in [7, 11) is 0. The lowest BCUT2D eigenvalue weighted by Crippen LogP contribution is -2.28. The molecule has 0 aromatic heterocycles. The molecule has 2 atom stereocenters. The molecule has 0 heterocycles. The molecule has 2 unspecified atom stereocenters. The molecular formula is C17H24O3. The highest BCUT2D eigenvalue weighted by atomic mass is 16.5. The van der Waals surface area contributed by atoms with E-state index >= 15 is 0 Å². The first-order chi connectivity index (χ1) is 9.72. The van der Waals surface area contributed by atoms with E-state index in [1.807, 2.05) is 25.1 Å². The fraction of sp³-hybridized carbons (Fsp3) is 0.588. The maximum Gasteiger partial charge on any atom is 0.192 e. The second-order valence-corrected chi connectivity index (χ2v) is 5.46. The fourth-order valence-electron chi connectivity index (χ4n) is 2.77. The third-order valence-electron chi connectivity index (χ3n) is 3.95. The summed E-state index contributed by atoms with van der Waals surface area (Å²) in [4.78, 5) is 12.3. The minimum Gasteiger partial charge on any atom is -0.493 e. The molecule has 1 aromatic rings. The van der Waals surface area contributed by atoms with E-state index in [4.69, 9.17) is 9.47 Å². The zero-order valence-electron chi connectivity index (χ0n) is 12.4. The van der Waals surface area contributed by atoms with Gasteiger partial charge in [-0.05, 0) is 37.8 Å². The van der Waals surface area contributed by atoms with Crippen molar-refractivity contribution >= 4 is 5.78 Å². The molecular weight excluding hydrogens is 252 g/mol. The van der Waals surface area contributed by atoms with Gasteiger partial charge >= 0.3 is 0 Å². The third-order valence-corrected chi connectivity index (χ3v) is 3.95. The quantitative estimate of drug-likeness (QED) is 0.740. The van der Waals surface area contributed by atoms with Crippen LogP contribution in [0.25, 0.3) is 0 Å². The van der Waals surface area contributed by atoms with Crippen LogP contribution >= 0.6 is 0 Å². The highest BCUT2D eigenvalue weighted by molar-refractivity contribution is 5.99. The average Bonchev–Trinajstić information content (AvgIpc) is 2.47. The average molecular weight is 276 g/mol. The van der Waals surface area contributed by atoms with E-state index in [0.29, 0.717) is 23.8 Å². The molecule has 0 N–H and O–H groups in total. The zero-order valence-corrected chi connectivity index (χ0v) is 12.4. The van der Waals surface area contributed by atoms with Crippen molar-refractivity contribution in [3.05, 3.63) is 29.8 Å². The summed E-state index contributed by atoms with van der Waals surface area (Å²) in [6.07, 6.45) is 4.99. The lowest BCUT2D eigenvalue weighted by Gasteiger charge is -2.28. The Morgan fingerprint density at radius 1 is 1.25 bits per heavy atom. The first kappa shape index (κ1) is 15.0. The van der Waals surface area contributed by atoms with Crippen LogP contribution in [0.1, 0.15) is 49.9 Å². The summed E-state index contributed by atoms with van der Waals surface area (Å²) in [6, 6.07) is 7.38. The van der Waals surface area contributed by atoms with Gasteiger partial charge in [-0.3, -0.25) is 4.79 Å². The van der Waals surface area contributed by atoms with Crippen molar-refractivity contribution in [2.45, 2.75) is 45.6 Å². The predicted molar refractivity (Wildman–Crippen MR) is 79.3 cm³/mol. The highest BCUT2D eigenvalue weighted by Gasteiger charge is 2.23. The Hall–Kier alpha value is -1.35. The van der Waals surface area contributed by atoms with Crippen LogP contribution < -0.4 is 4.74 Å². The van der Waals surface area contributed by atoms with Crippen LogP contribution in [-0.2, 0) is 4.74 Å². The first-order valence-electron chi connectivity index (χ1n) is 7.59. The molecule has 3 heteroatoms. The molecule has 3 nitrogen and oxygen atoms in total. The number of Topliss-reactive ketones (excluding diaryl/α,β-unsaturated/α-hetero) is 1. The van der Waals surface area contributed by atoms with Gasteiger partial charge in [0.05, 0.1) is 18.3 Å². The molecule has 1 aliphatic carbocycles. The molecule has 2 rings (SSSR count). The zero-order chi connectivity index (χ0) is 14.4. The molecule has 1 saturated carbocycles. The van der Waals surface area contributed by atoms with Crippen molar-refractivity contribution in [2.24, 2.45) is 5.92 Å². The summed E-state index contributed by atoms with van der Waals surface area (Å²) >= 11 is 0. The van der Waals surface area contributed by atoms with Crippen LogP contribution in [-0.4, -0.2) is 25.1 Å². The van der Waals surface area contributed by atoms with Gasteiger partial charge in [0.1, 0.15) is 12.4 Å². The van der Waals surface area contributed by atoms with E-state index in [-0.39, 0.29) is 18.5 Å². The second-order valence-electron chi connectivity index (χ2n) is 5.46. The predicted octanol–water partition coefficient (Wildman–Crippen LogP) is 3.86. The Bertz CT molecular complexity index is 442. The topological polar surface area (TPSA) is 35.5 Å². The molecule has 0 amide bonds. The van der Waals surface area contributed by atoms with Crippen molar-refractivity contribution in [3.63, 3.8) is 0 Å². The van der Waals surface area contributed by atoms with Gasteiger partial charge in [-0.25, -0.2) is 0 Å². The van der Waals surface area contributed by atoms with Crippen molar-refractivity contribution in [1.82, 2.24) is 0 Å². The van der Waals surface area contributed by atoms with E-state index in [9.17, 15) is 4.79 Å². The number of hydrogen-bond donors (Lipinski definition) is 0. The maximum absolute atomic E-state index is 12.3. The van der Waals surface area contributed by atoms with Crippen LogP contribution in [0.3, 0.4) is 0 Å². The van der Waals surface area contributed by atoms with Crippen LogP contribution in [0.2, 0.25) is 0 Å². The molecule has 0 spiro atoms. The molecule has 0 radical (unpaired) electrons. The van der Waals surface area contributed by atoms with Crippen LogP contribution in [0.15, 0.2) is 24.3 Å². The van der Waals surface area contributed by atoms with E-state index < -0.39 is 0 Å². The lowest BCUT2D eigenvalue weighted by atomic mass is 9.88. The van der Waals surface area contributed by atoms with Crippen LogP contribution in [0, 0.1) is 5.92 Å². The largest absolute Gasteiger partial charge is 0.493 e. The van der Waals surface area contributed by atoms with Gasteiger partial charge in [0.25, 0.3) is 0 Å². The number of ether oxygens (including phenoxy) is 2. The Labute approximate surface area is 121 Å². The minimum atomic E-state index is 0.00632. The van der Waals surface area contributed by atoms with Crippen LogP contribution in [0.5, 0.6) is 5.75 Å². The summed E-state index contributed by atoms with van der Waals surface area (Å²) in [5, 5.41) is 0. The number of rotatable bonds is 6. The Balaban J connectivity index is 1.94. The number of carbonyl (C=O) groups is 1. The van der Waals surface area contributed by atoms with Gasteiger partial charge < -0.3 is 9.47 Å². The van der Waals surface area contributed by atoms with Gasteiger partial charge in [-0.1, -0.05) is 31.9 Å². The number of benzene rings is 1. The molecule has 110 valence electrons. The van der Waals surface area contributed by atoms with E-state index in [0.717, 1.165) is 6.42 Å². The van der Waals surface area contributed by atoms with Crippen LogP contribution in [0.4, 0.5) is 0 Å². The highest BCUT2D eigenvalue weighted by Crippen LogP contribution is 2.27. The maximum atomic E-state index is 12.3. The normalized spacial score (nSPS) is 22.5. The van der Waals surface area contributed by atoms with Gasteiger partial charge in [-0.15, -0.1) is 0 Å². The van der Waals surface area contributed by atoms with E-state index in [1.165, 1.54) is 19.3 Å². The summed E-state index contributed by atoms with van der Waals surface area (Å²) in [5.41, 5.74) is 0.623. The lowest BCUT2D eigenvalue weighted by molar-refractivity contribution is 0.000649. The molecule has 20 heavy (non-hydrogen) atoms. The molecule has 0 saturated heterocycles. The number of carbonyl (C=O) groups excluding carboxylic acids is 1.